The van der Waals surface area contributed by atoms with Crippen LogP contribution in [0.25, 0.3) is 0 Å². The fourth-order valence-electron chi connectivity index (χ4n) is 0. The molecule has 0 aliphatic carbocycles. The molecule has 0 aliphatic rings. The van der Waals surface area contributed by atoms with E-state index in [0.29, 0.717) is 0 Å². The minimum absolute atomic E-state index is 0. The molecule has 0 bridgehead atoms. The van der Waals surface area contributed by atoms with E-state index in [9.17, 15) is 0 Å². The molecule has 0 aliphatic heterocycles. The fraction of sp³-hybridized carbons (Fsp3) is 1.00. The van der Waals surface area contributed by atoms with Crippen molar-refractivity contribution in [1.29, 1.82) is 0 Å². The van der Waals surface area contributed by atoms with Crippen LogP contribution in [0.15, 0.2) is 0 Å². The third-order valence-corrected chi connectivity index (χ3v) is 0. The van der Waals surface area contributed by atoms with Crippen molar-refractivity contribution in [1.82, 2.24) is 0 Å². The van der Waals surface area contributed by atoms with Crippen molar-refractivity contribution in [2.45, 2.75) is 3.25 Å². The van der Waals surface area contributed by atoms with Crippen LogP contribution in [0.3, 0.4) is 0 Å². The van der Waals surface area contributed by atoms with Crippen molar-refractivity contribution < 1.29 is 0 Å². The molecule has 0 aromatic heterocycles. The van der Waals surface area contributed by atoms with Crippen molar-refractivity contribution in [2.75, 3.05) is 0 Å². The van der Waals surface area contributed by atoms with E-state index in [1.54, 1.807) is 0 Å². The normalized spacial score (nSPS) is 10.0. The summed E-state index contributed by atoms with van der Waals surface area (Å²) in [6.07, 6.45) is 0. The second-order valence-corrected chi connectivity index (χ2v) is 3.86. The molecule has 0 fully saturated rings. The van der Waals surface area contributed by atoms with Gasteiger partial charge in [0.2, 0.25) is 0 Å². The first-order valence-electron chi connectivity index (χ1n) is 0.756. The van der Waals surface area contributed by atoms with Gasteiger partial charge in [-0.3, -0.25) is 0 Å². The Labute approximate surface area is 76.2 Å². The molecule has 6 heavy (non-hydrogen) atoms. The van der Waals surface area contributed by atoms with Gasteiger partial charge in [-0.1, -0.05) is 46.4 Å². The molecule has 0 amide bonds. The molecule has 0 spiro atoms. The van der Waals surface area contributed by atoms with Gasteiger partial charge in [-0.25, -0.2) is 0 Å². The van der Waals surface area contributed by atoms with Crippen molar-refractivity contribution in [3.63, 3.8) is 0 Å². The van der Waals surface area contributed by atoms with Gasteiger partial charge in [0, 0.05) is 0 Å². The van der Waals surface area contributed by atoms with Crippen molar-refractivity contribution >= 4 is 73.7 Å². The summed E-state index contributed by atoms with van der Waals surface area (Å²) < 4.78 is -1.61. The van der Waals surface area contributed by atoms with Crippen LogP contribution < -0.4 is 0 Å². The molecular formula is CH2Cl4Pb. The molecule has 0 saturated carbocycles. The van der Waals surface area contributed by atoms with E-state index < -0.39 is 3.25 Å². The zero-order valence-electron chi connectivity index (χ0n) is 2.72. The van der Waals surface area contributed by atoms with E-state index in [-0.39, 0.29) is 27.3 Å². The summed E-state index contributed by atoms with van der Waals surface area (Å²) in [5.41, 5.74) is 0. The summed E-state index contributed by atoms with van der Waals surface area (Å²) in [5, 5.41) is 0. The fourth-order valence-corrected chi connectivity index (χ4v) is 0. The average Bonchev–Trinajstić information content (AvgIpc) is 0.722. The number of hydrogen-bond acceptors (Lipinski definition) is 0. The summed E-state index contributed by atoms with van der Waals surface area (Å²) in [4.78, 5) is 0. The summed E-state index contributed by atoms with van der Waals surface area (Å²) >= 11 is 19.3. The Hall–Kier alpha value is 2.08. The standard InChI is InChI=1S/CCl4.Pb.2H/c2-1(3,4)5;;;. The van der Waals surface area contributed by atoms with E-state index in [1.807, 2.05) is 0 Å². The predicted octanol–water partition coefficient (Wildman–Crippen LogP) is 1.64. The van der Waals surface area contributed by atoms with E-state index in [2.05, 4.69) is 0 Å². The molecule has 0 N–H and O–H groups in total. The van der Waals surface area contributed by atoms with E-state index >= 15 is 0 Å². The summed E-state index contributed by atoms with van der Waals surface area (Å²) in [7, 11) is 0. The average molecular weight is 363 g/mol. The van der Waals surface area contributed by atoms with Gasteiger partial charge < -0.3 is 0 Å². The topological polar surface area (TPSA) is 0 Å². The predicted molar refractivity (Wildman–Crippen MR) is 34.7 cm³/mol. The van der Waals surface area contributed by atoms with Crippen LogP contribution in [0.1, 0.15) is 0 Å². The first-order valence-corrected chi connectivity index (χ1v) is 2.27. The second kappa shape index (κ2) is 4.01. The van der Waals surface area contributed by atoms with Crippen LogP contribution in [0.4, 0.5) is 0 Å². The van der Waals surface area contributed by atoms with Gasteiger partial charge in [0.25, 0.3) is 3.25 Å². The maximum atomic E-state index is 4.83. The molecule has 0 aromatic rings. The molecule has 38 valence electrons. The Balaban J connectivity index is 0. The molecule has 5 heteroatoms. The van der Waals surface area contributed by atoms with Gasteiger partial charge >= 0.3 is 27.3 Å². The SMILES string of the molecule is ClC(Cl)(Cl)Cl.[PbH2]. The Morgan fingerprint density at radius 2 is 0.833 bits per heavy atom. The molecule has 0 heterocycles. The van der Waals surface area contributed by atoms with Gasteiger partial charge in [0.1, 0.15) is 0 Å². The second-order valence-electron chi connectivity index (χ2n) is 0.429. The zero-order valence-corrected chi connectivity index (χ0v) is 11.2. The van der Waals surface area contributed by atoms with Crippen molar-refractivity contribution in [3.8, 4) is 0 Å². The third-order valence-electron chi connectivity index (χ3n) is 0. The van der Waals surface area contributed by atoms with Crippen LogP contribution in [-0.4, -0.2) is 30.6 Å². The minimum atomic E-state index is -1.61. The van der Waals surface area contributed by atoms with Crippen LogP contribution >= 0.6 is 46.4 Å². The van der Waals surface area contributed by atoms with E-state index in [0.717, 1.165) is 0 Å². The Morgan fingerprint density at radius 3 is 0.833 bits per heavy atom. The summed E-state index contributed by atoms with van der Waals surface area (Å²) in [6, 6.07) is 0. The summed E-state index contributed by atoms with van der Waals surface area (Å²) in [6.45, 7) is 0. The molecule has 0 saturated heterocycles. The van der Waals surface area contributed by atoms with Crippen LogP contribution in [0.2, 0.25) is 0 Å². The van der Waals surface area contributed by atoms with E-state index in [4.69, 9.17) is 46.4 Å². The van der Waals surface area contributed by atoms with Gasteiger partial charge in [0.15, 0.2) is 0 Å². The molecule has 0 nitrogen and oxygen atoms in total. The number of hydrogen-bond donors (Lipinski definition) is 0. The van der Waals surface area contributed by atoms with Gasteiger partial charge in [-0.15, -0.1) is 0 Å². The number of alkyl halides is 4. The Bertz CT molecular complexity index is 23.0. The van der Waals surface area contributed by atoms with Gasteiger partial charge in [-0.05, 0) is 0 Å². The van der Waals surface area contributed by atoms with Gasteiger partial charge in [-0.2, -0.15) is 0 Å². The quantitative estimate of drug-likeness (QED) is 0.454. The Kier molecular flexibility index (Phi) is 7.33. The zero-order chi connectivity index (χ0) is 4.50. The van der Waals surface area contributed by atoms with Crippen LogP contribution in [0.5, 0.6) is 0 Å². The molecule has 0 atom stereocenters. The van der Waals surface area contributed by atoms with Crippen molar-refractivity contribution in [2.24, 2.45) is 0 Å². The first-order chi connectivity index (χ1) is 2.00. The Morgan fingerprint density at radius 1 is 0.833 bits per heavy atom. The van der Waals surface area contributed by atoms with Crippen LogP contribution in [0, 0.1) is 0 Å². The summed E-state index contributed by atoms with van der Waals surface area (Å²) in [5.74, 6) is 0. The molecule has 0 rings (SSSR count). The van der Waals surface area contributed by atoms with E-state index in [1.165, 1.54) is 0 Å². The number of rotatable bonds is 0. The monoisotopic (exact) mass is 362 g/mol. The van der Waals surface area contributed by atoms with Crippen molar-refractivity contribution in [3.05, 3.63) is 0 Å². The first kappa shape index (κ1) is 11.0. The van der Waals surface area contributed by atoms with Gasteiger partial charge in [0.05, 0.1) is 0 Å². The number of halogens is 4. The van der Waals surface area contributed by atoms with Crippen LogP contribution in [-0.2, 0) is 0 Å². The molecule has 0 aromatic carbocycles. The molecular weight excluding hydrogens is 361 g/mol. The maximum absolute atomic E-state index is 4.83. The molecule has 0 unspecified atom stereocenters. The molecule has 2 radical (unpaired) electrons. The third kappa shape index (κ3) is 36.2.